The maximum atomic E-state index is 12.7. The second kappa shape index (κ2) is 14.3. The summed E-state index contributed by atoms with van der Waals surface area (Å²) in [6.45, 7) is 2.76. The van der Waals surface area contributed by atoms with Gasteiger partial charge < -0.3 is 19.5 Å². The van der Waals surface area contributed by atoms with Crippen LogP contribution in [-0.4, -0.2) is 50.2 Å². The zero-order chi connectivity index (χ0) is 27.5. The van der Waals surface area contributed by atoms with Crippen LogP contribution in [0.1, 0.15) is 32.2 Å². The Morgan fingerprint density at radius 2 is 1.56 bits per heavy atom. The van der Waals surface area contributed by atoms with Gasteiger partial charge in [0.25, 0.3) is 5.91 Å². The average molecular weight is 546 g/mol. The van der Waals surface area contributed by atoms with Crippen LogP contribution in [0.4, 0.5) is 0 Å². The zero-order valence-corrected chi connectivity index (χ0v) is 23.5. The predicted octanol–water partition coefficient (Wildman–Crippen LogP) is 5.39. The number of hydrogen-bond acceptors (Lipinski definition) is 7. The van der Waals surface area contributed by atoms with Crippen molar-refractivity contribution < 1.29 is 19.0 Å². The van der Waals surface area contributed by atoms with E-state index in [1.807, 2.05) is 47.8 Å². The van der Waals surface area contributed by atoms with Gasteiger partial charge in [0.2, 0.25) is 0 Å². The molecule has 4 rings (SSSR count). The van der Waals surface area contributed by atoms with Gasteiger partial charge in [-0.05, 0) is 53.8 Å². The van der Waals surface area contributed by atoms with Crippen LogP contribution in [0.3, 0.4) is 0 Å². The number of amides is 1. The van der Waals surface area contributed by atoms with Crippen LogP contribution in [0.15, 0.2) is 78.2 Å². The SMILES string of the molecule is COc1ccc(CN(CCc2ccc(OC)c(OC)c2)Cc2nc(C(=O)NCCc3ccccc3)cs2)cc1. The van der Waals surface area contributed by atoms with Crippen molar-refractivity contribution in [2.45, 2.75) is 25.9 Å². The van der Waals surface area contributed by atoms with E-state index in [4.69, 9.17) is 14.2 Å². The van der Waals surface area contributed by atoms with Crippen LogP contribution in [0.25, 0.3) is 0 Å². The molecule has 0 saturated heterocycles. The number of aromatic nitrogens is 1. The third-order valence-electron chi connectivity index (χ3n) is 6.42. The molecule has 0 radical (unpaired) electrons. The molecule has 1 aromatic heterocycles. The van der Waals surface area contributed by atoms with E-state index in [1.165, 1.54) is 22.5 Å². The molecular formula is C31H35N3O4S. The van der Waals surface area contributed by atoms with Crippen LogP contribution in [0.5, 0.6) is 17.2 Å². The summed E-state index contributed by atoms with van der Waals surface area (Å²) in [6.07, 6.45) is 1.62. The number of nitrogens with one attached hydrogen (secondary N) is 1. The lowest BCUT2D eigenvalue weighted by molar-refractivity contribution is 0.0949. The second-order valence-electron chi connectivity index (χ2n) is 9.12. The van der Waals surface area contributed by atoms with Gasteiger partial charge in [0, 0.05) is 25.0 Å². The first-order valence-electron chi connectivity index (χ1n) is 12.9. The van der Waals surface area contributed by atoms with Crippen molar-refractivity contribution in [2.75, 3.05) is 34.4 Å². The van der Waals surface area contributed by atoms with Gasteiger partial charge in [0.15, 0.2) is 11.5 Å². The minimum Gasteiger partial charge on any atom is -0.497 e. The second-order valence-corrected chi connectivity index (χ2v) is 10.1. The van der Waals surface area contributed by atoms with Gasteiger partial charge in [-0.3, -0.25) is 9.69 Å². The molecule has 0 aliphatic carbocycles. The first-order chi connectivity index (χ1) is 19.1. The summed E-state index contributed by atoms with van der Waals surface area (Å²) in [5.74, 6) is 2.13. The van der Waals surface area contributed by atoms with Crippen molar-refractivity contribution in [3.8, 4) is 17.2 Å². The predicted molar refractivity (Wildman–Crippen MR) is 155 cm³/mol. The lowest BCUT2D eigenvalue weighted by Gasteiger charge is -2.22. The molecular weight excluding hydrogens is 510 g/mol. The van der Waals surface area contributed by atoms with Crippen LogP contribution in [0.2, 0.25) is 0 Å². The zero-order valence-electron chi connectivity index (χ0n) is 22.7. The Labute approximate surface area is 234 Å². The number of nitrogens with zero attached hydrogens (tertiary/aromatic N) is 2. The van der Waals surface area contributed by atoms with Gasteiger partial charge >= 0.3 is 0 Å². The first kappa shape index (κ1) is 28.1. The minimum atomic E-state index is -0.138. The molecule has 204 valence electrons. The number of methoxy groups -OCH3 is 3. The van der Waals surface area contributed by atoms with Gasteiger partial charge in [-0.25, -0.2) is 4.98 Å². The normalized spacial score (nSPS) is 10.9. The topological polar surface area (TPSA) is 72.9 Å². The summed E-state index contributed by atoms with van der Waals surface area (Å²) in [6, 6.07) is 24.3. The molecule has 0 unspecified atom stereocenters. The number of hydrogen-bond donors (Lipinski definition) is 1. The molecule has 1 N–H and O–H groups in total. The van der Waals surface area contributed by atoms with E-state index in [2.05, 4.69) is 45.5 Å². The van der Waals surface area contributed by atoms with E-state index in [0.717, 1.165) is 48.0 Å². The molecule has 0 aliphatic rings. The fraction of sp³-hybridized carbons (Fsp3) is 0.290. The number of carbonyl (C=O) groups is 1. The van der Waals surface area contributed by atoms with E-state index in [0.29, 0.717) is 24.5 Å². The largest absolute Gasteiger partial charge is 0.497 e. The molecule has 4 aromatic rings. The van der Waals surface area contributed by atoms with Gasteiger partial charge in [0.05, 0.1) is 27.9 Å². The summed E-state index contributed by atoms with van der Waals surface area (Å²) >= 11 is 1.52. The Morgan fingerprint density at radius 1 is 0.821 bits per heavy atom. The number of carbonyl (C=O) groups excluding carboxylic acids is 1. The highest BCUT2D eigenvalue weighted by Gasteiger charge is 2.15. The molecule has 1 amide bonds. The Bertz CT molecular complexity index is 1330. The molecule has 0 saturated carbocycles. The third-order valence-corrected chi connectivity index (χ3v) is 7.25. The quantitative estimate of drug-likeness (QED) is 0.229. The van der Waals surface area contributed by atoms with E-state index < -0.39 is 0 Å². The molecule has 39 heavy (non-hydrogen) atoms. The van der Waals surface area contributed by atoms with Crippen molar-refractivity contribution in [3.05, 3.63) is 106 Å². The number of ether oxygens (including phenoxy) is 3. The smallest absolute Gasteiger partial charge is 0.270 e. The van der Waals surface area contributed by atoms with E-state index >= 15 is 0 Å². The molecule has 0 atom stereocenters. The van der Waals surface area contributed by atoms with Crippen molar-refractivity contribution in [1.82, 2.24) is 15.2 Å². The van der Waals surface area contributed by atoms with E-state index in [-0.39, 0.29) is 5.91 Å². The Balaban J connectivity index is 1.40. The summed E-state index contributed by atoms with van der Waals surface area (Å²) < 4.78 is 16.2. The molecule has 7 nitrogen and oxygen atoms in total. The monoisotopic (exact) mass is 545 g/mol. The highest BCUT2D eigenvalue weighted by molar-refractivity contribution is 7.09. The standard InChI is InChI=1S/C31H35N3O4S/c1-36-26-12-9-25(10-13-26)20-34(18-16-24-11-14-28(37-2)29(19-24)38-3)21-30-33-27(22-39-30)31(35)32-17-15-23-7-5-4-6-8-23/h4-14,19,22H,15-18,20-21H2,1-3H3,(H,32,35). The molecule has 0 aliphatic heterocycles. The van der Waals surface area contributed by atoms with Crippen molar-refractivity contribution >= 4 is 17.2 Å². The third kappa shape index (κ3) is 8.30. The summed E-state index contributed by atoms with van der Waals surface area (Å²) in [7, 11) is 4.96. The van der Waals surface area contributed by atoms with Crippen molar-refractivity contribution in [1.29, 1.82) is 0 Å². The van der Waals surface area contributed by atoms with Gasteiger partial charge in [-0.1, -0.05) is 48.5 Å². The molecule has 0 spiro atoms. The van der Waals surface area contributed by atoms with Gasteiger partial charge in [0.1, 0.15) is 16.5 Å². The summed E-state index contributed by atoms with van der Waals surface area (Å²) in [4.78, 5) is 19.7. The molecule has 0 fully saturated rings. The summed E-state index contributed by atoms with van der Waals surface area (Å²) in [5.41, 5.74) is 4.00. The average Bonchev–Trinajstić information content (AvgIpc) is 3.45. The maximum absolute atomic E-state index is 12.7. The number of benzene rings is 3. The van der Waals surface area contributed by atoms with E-state index in [9.17, 15) is 4.79 Å². The lowest BCUT2D eigenvalue weighted by atomic mass is 10.1. The fourth-order valence-corrected chi connectivity index (χ4v) is 5.08. The lowest BCUT2D eigenvalue weighted by Crippen LogP contribution is -2.27. The van der Waals surface area contributed by atoms with Crippen LogP contribution in [-0.2, 0) is 25.9 Å². The maximum Gasteiger partial charge on any atom is 0.270 e. The molecule has 8 heteroatoms. The van der Waals surface area contributed by atoms with E-state index in [1.54, 1.807) is 21.3 Å². The Hall–Kier alpha value is -3.88. The van der Waals surface area contributed by atoms with Crippen molar-refractivity contribution in [3.63, 3.8) is 0 Å². The number of thiazole rings is 1. The fourth-order valence-electron chi connectivity index (χ4n) is 4.26. The first-order valence-corrected chi connectivity index (χ1v) is 13.8. The van der Waals surface area contributed by atoms with Gasteiger partial charge in [-0.2, -0.15) is 0 Å². The van der Waals surface area contributed by atoms with Crippen LogP contribution >= 0.6 is 11.3 Å². The Morgan fingerprint density at radius 3 is 2.28 bits per heavy atom. The molecule has 0 bridgehead atoms. The molecule has 3 aromatic carbocycles. The van der Waals surface area contributed by atoms with Crippen LogP contribution in [0, 0.1) is 0 Å². The van der Waals surface area contributed by atoms with Gasteiger partial charge in [-0.15, -0.1) is 11.3 Å². The van der Waals surface area contributed by atoms with Crippen molar-refractivity contribution in [2.24, 2.45) is 0 Å². The minimum absolute atomic E-state index is 0.138. The highest BCUT2D eigenvalue weighted by Crippen LogP contribution is 2.28. The highest BCUT2D eigenvalue weighted by atomic mass is 32.1. The van der Waals surface area contributed by atoms with Crippen LogP contribution < -0.4 is 19.5 Å². The number of rotatable bonds is 14. The molecule has 1 heterocycles. The summed E-state index contributed by atoms with van der Waals surface area (Å²) in [5, 5.41) is 5.74. The Kier molecular flexibility index (Phi) is 10.3.